The fourth-order valence-corrected chi connectivity index (χ4v) is 5.44. The predicted octanol–water partition coefficient (Wildman–Crippen LogP) is 5.63. The summed E-state index contributed by atoms with van der Waals surface area (Å²) in [5, 5.41) is 4.51. The van der Waals surface area contributed by atoms with Gasteiger partial charge in [-0.25, -0.2) is 10.4 Å². The average molecular weight is 603 g/mol. The molecule has 0 atom stereocenters. The second kappa shape index (κ2) is 12.1. The van der Waals surface area contributed by atoms with Gasteiger partial charge in [0, 0.05) is 4.88 Å². The molecule has 1 N–H and O–H groups in total. The number of benzene rings is 3. The lowest BCUT2D eigenvalue weighted by Crippen LogP contribution is -2.29. The van der Waals surface area contributed by atoms with E-state index < -0.39 is 5.91 Å². The van der Waals surface area contributed by atoms with Crippen molar-refractivity contribution in [2.45, 2.75) is 13.2 Å². The van der Waals surface area contributed by atoms with Crippen LogP contribution < -0.4 is 20.5 Å². The number of amides is 1. The molecule has 0 radical (unpaired) electrons. The molecule has 39 heavy (non-hydrogen) atoms. The van der Waals surface area contributed by atoms with Crippen LogP contribution in [0.3, 0.4) is 0 Å². The molecular formula is C29H23BrN4O4S. The first kappa shape index (κ1) is 26.3. The number of nitrogens with zero attached hydrogens (tertiary/aromatic N) is 3. The van der Waals surface area contributed by atoms with Crippen LogP contribution in [-0.2, 0) is 17.9 Å². The molecule has 0 spiro atoms. The number of carbonyl (C=O) groups excluding carboxylic acids is 1. The monoisotopic (exact) mass is 602 g/mol. The first-order valence-corrected chi connectivity index (χ1v) is 13.5. The van der Waals surface area contributed by atoms with Gasteiger partial charge >= 0.3 is 0 Å². The van der Waals surface area contributed by atoms with Crippen LogP contribution in [0.15, 0.2) is 99.6 Å². The van der Waals surface area contributed by atoms with Crippen molar-refractivity contribution in [3.8, 4) is 21.9 Å². The summed E-state index contributed by atoms with van der Waals surface area (Å²) >= 11 is 4.96. The fourth-order valence-electron chi connectivity index (χ4n) is 3.87. The average Bonchev–Trinajstić information content (AvgIpc) is 3.40. The predicted molar refractivity (Wildman–Crippen MR) is 157 cm³/mol. The quantitative estimate of drug-likeness (QED) is 0.174. The second-order valence-electron chi connectivity index (χ2n) is 8.47. The van der Waals surface area contributed by atoms with Crippen molar-refractivity contribution in [1.82, 2.24) is 15.0 Å². The molecule has 2 heterocycles. The summed E-state index contributed by atoms with van der Waals surface area (Å²) in [4.78, 5) is 31.4. The number of ether oxygens (including phenoxy) is 2. The normalized spacial score (nSPS) is 11.1. The van der Waals surface area contributed by atoms with E-state index in [0.29, 0.717) is 38.4 Å². The third kappa shape index (κ3) is 6.24. The Balaban J connectivity index is 1.24. The molecular weight excluding hydrogens is 580 g/mol. The summed E-state index contributed by atoms with van der Waals surface area (Å²) < 4.78 is 13.4. The lowest BCUT2D eigenvalue weighted by molar-refractivity contribution is -0.121. The Morgan fingerprint density at radius 3 is 2.59 bits per heavy atom. The highest BCUT2D eigenvalue weighted by atomic mass is 79.9. The lowest BCUT2D eigenvalue weighted by Gasteiger charge is -2.13. The van der Waals surface area contributed by atoms with E-state index in [9.17, 15) is 9.59 Å². The Morgan fingerprint density at radius 2 is 1.85 bits per heavy atom. The van der Waals surface area contributed by atoms with E-state index in [2.05, 4.69) is 31.4 Å². The number of rotatable bonds is 9. The van der Waals surface area contributed by atoms with Gasteiger partial charge in [-0.05, 0) is 50.8 Å². The zero-order valence-corrected chi connectivity index (χ0v) is 23.2. The van der Waals surface area contributed by atoms with Crippen molar-refractivity contribution in [3.05, 3.63) is 111 Å². The molecule has 1 amide bonds. The number of thiophene rings is 1. The zero-order chi connectivity index (χ0) is 27.2. The van der Waals surface area contributed by atoms with E-state index in [0.717, 1.165) is 16.0 Å². The summed E-state index contributed by atoms with van der Waals surface area (Å²) in [5.74, 6) is 0.625. The highest BCUT2D eigenvalue weighted by Gasteiger charge is 2.13. The standard InChI is InChI=1S/C29H23BrN4O4S/c1-37-24-13-20(12-23(30)27(24)38-17-19-8-4-2-5-9-19)15-32-33-26(35)16-34-18-31-28-22(29(34)36)14-25(39-28)21-10-6-3-7-11-21/h2-15,18H,16-17H2,1H3,(H,33,35)/b32-15+. The van der Waals surface area contributed by atoms with Gasteiger partial charge in [0.25, 0.3) is 11.5 Å². The number of carbonyl (C=O) groups is 1. The molecule has 0 bridgehead atoms. The number of nitrogens with one attached hydrogen (secondary N) is 1. The zero-order valence-electron chi connectivity index (χ0n) is 20.8. The maximum Gasteiger partial charge on any atom is 0.262 e. The number of halogens is 1. The smallest absolute Gasteiger partial charge is 0.262 e. The molecule has 5 aromatic rings. The van der Waals surface area contributed by atoms with E-state index in [1.54, 1.807) is 13.2 Å². The van der Waals surface area contributed by atoms with Gasteiger partial charge in [-0.1, -0.05) is 60.7 Å². The SMILES string of the molecule is COc1cc(/C=N/NC(=O)Cn2cnc3sc(-c4ccccc4)cc3c2=O)cc(Br)c1OCc1ccccc1. The highest BCUT2D eigenvalue weighted by Crippen LogP contribution is 2.37. The van der Waals surface area contributed by atoms with Crippen molar-refractivity contribution in [2.24, 2.45) is 5.10 Å². The molecule has 0 aliphatic carbocycles. The van der Waals surface area contributed by atoms with Gasteiger partial charge in [-0.15, -0.1) is 11.3 Å². The highest BCUT2D eigenvalue weighted by molar-refractivity contribution is 9.10. The molecule has 0 aliphatic heterocycles. The summed E-state index contributed by atoms with van der Waals surface area (Å²) in [6.07, 6.45) is 2.87. The van der Waals surface area contributed by atoms with Crippen molar-refractivity contribution >= 4 is 49.6 Å². The molecule has 5 rings (SSSR count). The van der Waals surface area contributed by atoms with E-state index in [1.165, 1.54) is 28.4 Å². The third-order valence-electron chi connectivity index (χ3n) is 5.77. The minimum Gasteiger partial charge on any atom is -0.493 e. The third-order valence-corrected chi connectivity index (χ3v) is 7.45. The lowest BCUT2D eigenvalue weighted by atomic mass is 10.2. The van der Waals surface area contributed by atoms with Crippen LogP contribution in [0.4, 0.5) is 0 Å². The number of hydrogen-bond acceptors (Lipinski definition) is 7. The van der Waals surface area contributed by atoms with E-state index in [4.69, 9.17) is 9.47 Å². The molecule has 0 aliphatic rings. The maximum absolute atomic E-state index is 13.0. The van der Waals surface area contributed by atoms with Gasteiger partial charge in [0.2, 0.25) is 0 Å². The van der Waals surface area contributed by atoms with Crippen molar-refractivity contribution in [3.63, 3.8) is 0 Å². The molecule has 196 valence electrons. The Labute approximate surface area is 236 Å². The largest absolute Gasteiger partial charge is 0.493 e. The second-order valence-corrected chi connectivity index (χ2v) is 10.4. The van der Waals surface area contributed by atoms with Crippen LogP contribution in [0.25, 0.3) is 20.7 Å². The van der Waals surface area contributed by atoms with Gasteiger partial charge in [0.05, 0.1) is 29.5 Å². The van der Waals surface area contributed by atoms with Gasteiger partial charge in [0.1, 0.15) is 18.0 Å². The minimum atomic E-state index is -0.457. The van der Waals surface area contributed by atoms with Gasteiger partial charge in [-0.2, -0.15) is 5.10 Å². The van der Waals surface area contributed by atoms with E-state index in [1.807, 2.05) is 72.8 Å². The molecule has 3 aromatic carbocycles. The molecule has 8 nitrogen and oxygen atoms in total. The van der Waals surface area contributed by atoms with Crippen molar-refractivity contribution < 1.29 is 14.3 Å². The van der Waals surface area contributed by atoms with Crippen molar-refractivity contribution in [1.29, 1.82) is 0 Å². The fraction of sp³-hybridized carbons (Fsp3) is 0.103. The number of hydrazone groups is 1. The van der Waals surface area contributed by atoms with Crippen LogP contribution in [0.2, 0.25) is 0 Å². The number of hydrogen-bond donors (Lipinski definition) is 1. The summed E-state index contributed by atoms with van der Waals surface area (Å²) in [6, 6.07) is 25.0. The van der Waals surface area contributed by atoms with Crippen LogP contribution in [0.1, 0.15) is 11.1 Å². The van der Waals surface area contributed by atoms with E-state index >= 15 is 0 Å². The molecule has 0 unspecified atom stereocenters. The number of fused-ring (bicyclic) bond motifs is 1. The number of aromatic nitrogens is 2. The topological polar surface area (TPSA) is 94.8 Å². The van der Waals surface area contributed by atoms with Gasteiger partial charge < -0.3 is 9.47 Å². The first-order valence-electron chi connectivity index (χ1n) is 11.9. The molecule has 0 saturated heterocycles. The first-order chi connectivity index (χ1) is 19.0. The summed E-state index contributed by atoms with van der Waals surface area (Å²) in [7, 11) is 1.55. The minimum absolute atomic E-state index is 0.213. The van der Waals surface area contributed by atoms with E-state index in [-0.39, 0.29) is 12.1 Å². The van der Waals surface area contributed by atoms with Gasteiger partial charge in [-0.3, -0.25) is 14.2 Å². The Hall–Kier alpha value is -4.28. The van der Waals surface area contributed by atoms with Crippen LogP contribution in [0.5, 0.6) is 11.5 Å². The molecule has 0 fully saturated rings. The Kier molecular flexibility index (Phi) is 8.14. The Morgan fingerprint density at radius 1 is 1.10 bits per heavy atom. The maximum atomic E-state index is 13.0. The summed E-state index contributed by atoms with van der Waals surface area (Å²) in [5.41, 5.74) is 4.90. The van der Waals surface area contributed by atoms with Crippen molar-refractivity contribution in [2.75, 3.05) is 7.11 Å². The molecule has 10 heteroatoms. The van der Waals surface area contributed by atoms with Crippen LogP contribution in [-0.4, -0.2) is 28.8 Å². The Bertz CT molecular complexity index is 1700. The van der Waals surface area contributed by atoms with Crippen LogP contribution in [0, 0.1) is 0 Å². The molecule has 0 saturated carbocycles. The summed E-state index contributed by atoms with van der Waals surface area (Å²) in [6.45, 7) is 0.174. The van der Waals surface area contributed by atoms with Crippen LogP contribution >= 0.6 is 27.3 Å². The number of methoxy groups -OCH3 is 1. The van der Waals surface area contributed by atoms with Gasteiger partial charge in [0.15, 0.2) is 11.5 Å². The molecule has 2 aromatic heterocycles.